The van der Waals surface area contributed by atoms with Gasteiger partial charge in [0.15, 0.2) is 5.82 Å². The van der Waals surface area contributed by atoms with Crippen LogP contribution in [0.5, 0.6) is 0 Å². The second-order valence-electron chi connectivity index (χ2n) is 9.07. The average Bonchev–Trinajstić information content (AvgIpc) is 3.34. The monoisotopic (exact) mass is 457 g/mol. The Hall–Kier alpha value is -3.14. The molecule has 33 heavy (non-hydrogen) atoms. The topological polar surface area (TPSA) is 83.2 Å². The van der Waals surface area contributed by atoms with Crippen molar-refractivity contribution >= 4 is 28.0 Å². The van der Waals surface area contributed by atoms with E-state index in [4.69, 9.17) is 5.73 Å². The van der Waals surface area contributed by atoms with Crippen LogP contribution in [-0.2, 0) is 6.18 Å². The molecule has 2 saturated heterocycles. The number of rotatable bonds is 4. The van der Waals surface area contributed by atoms with Crippen molar-refractivity contribution in [3.63, 3.8) is 0 Å². The predicted molar refractivity (Wildman–Crippen MR) is 122 cm³/mol. The molecule has 0 radical (unpaired) electrons. The maximum atomic E-state index is 13.2. The minimum atomic E-state index is -4.57. The molecule has 2 aliphatic heterocycles. The maximum Gasteiger partial charge on any atom is 0.433 e. The van der Waals surface area contributed by atoms with Gasteiger partial charge in [-0.3, -0.25) is 4.90 Å². The van der Waals surface area contributed by atoms with Crippen LogP contribution in [0.1, 0.15) is 36.5 Å². The highest BCUT2D eigenvalue weighted by atomic mass is 19.4. The molecule has 2 bridgehead atoms. The molecule has 1 aromatic carbocycles. The summed E-state index contributed by atoms with van der Waals surface area (Å²) in [4.78, 5) is 8.62. The van der Waals surface area contributed by atoms with Crippen LogP contribution < -0.4 is 16.0 Å². The number of nitrogen functional groups attached to an aromatic ring is 1. The van der Waals surface area contributed by atoms with Gasteiger partial charge in [-0.25, -0.2) is 4.98 Å². The Balaban J connectivity index is 1.48. The molecule has 5 rings (SSSR count). The molecule has 10 heteroatoms. The number of anilines is 3. The molecule has 4 heterocycles. The first-order valence-electron chi connectivity index (χ1n) is 11.0. The number of pyridine rings is 1. The van der Waals surface area contributed by atoms with Crippen molar-refractivity contribution in [2.75, 3.05) is 36.1 Å². The second kappa shape index (κ2) is 7.72. The number of fused-ring (bicyclic) bond motifs is 3. The third kappa shape index (κ3) is 3.92. The Morgan fingerprint density at radius 2 is 1.88 bits per heavy atom. The summed E-state index contributed by atoms with van der Waals surface area (Å²) < 4.78 is 39.6. The number of halogens is 3. The molecule has 2 fully saturated rings. The number of nitrogens with zero attached hydrogens (tertiary/aromatic N) is 5. The lowest BCUT2D eigenvalue weighted by atomic mass is 10.1. The zero-order valence-electron chi connectivity index (χ0n) is 18.7. The zero-order chi connectivity index (χ0) is 23.5. The fraction of sp³-hybridized carbons (Fsp3) is 0.435. The standard InChI is InChI=1S/C23H26F3N7/c1-12-18-5-4-15(33-11-16-8-17(33)10-32(16)3)9-19(18)22(31-30-12)28-13(2)20-6-14(27)7-21(29-20)23(24,25)26/h4-7,9,13,16-17H,8,10-11H2,1-3H3,(H2,27,29)(H,28,31)/t13-,16?,17-/m1/s1. The molecule has 3 N–H and O–H groups in total. The smallest absolute Gasteiger partial charge is 0.399 e. The Bertz CT molecular complexity index is 1210. The fourth-order valence-electron chi connectivity index (χ4n) is 4.96. The van der Waals surface area contributed by atoms with E-state index in [9.17, 15) is 13.2 Å². The van der Waals surface area contributed by atoms with Crippen molar-refractivity contribution in [3.05, 3.63) is 47.4 Å². The number of hydrogen-bond donors (Lipinski definition) is 2. The number of hydrogen-bond acceptors (Lipinski definition) is 7. The van der Waals surface area contributed by atoms with Crippen LogP contribution in [0.15, 0.2) is 30.3 Å². The van der Waals surface area contributed by atoms with Crippen LogP contribution in [0, 0.1) is 6.92 Å². The fourth-order valence-corrected chi connectivity index (χ4v) is 4.96. The number of nitrogens with two attached hydrogens (primary N) is 1. The van der Waals surface area contributed by atoms with Gasteiger partial charge in [0.2, 0.25) is 0 Å². The SMILES string of the molecule is Cc1nnc(N[C@H](C)c2cc(N)cc(C(F)(F)F)n2)c2cc(N3CC4C[C@@H]3CN4C)ccc12. The van der Waals surface area contributed by atoms with E-state index in [0.717, 1.165) is 47.7 Å². The lowest BCUT2D eigenvalue weighted by Gasteiger charge is -2.33. The number of likely N-dealkylation sites (N-methyl/N-ethyl adjacent to an activating group) is 1. The summed E-state index contributed by atoms with van der Waals surface area (Å²) in [5.41, 5.74) is 6.82. The second-order valence-corrected chi connectivity index (χ2v) is 9.07. The van der Waals surface area contributed by atoms with Gasteiger partial charge in [0, 0.05) is 47.3 Å². The Morgan fingerprint density at radius 1 is 1.09 bits per heavy atom. The molecule has 0 aliphatic carbocycles. The molecule has 2 aliphatic rings. The zero-order valence-corrected chi connectivity index (χ0v) is 18.7. The molecule has 0 saturated carbocycles. The van der Waals surface area contributed by atoms with Gasteiger partial charge >= 0.3 is 6.18 Å². The lowest BCUT2D eigenvalue weighted by Crippen LogP contribution is -2.44. The molecular formula is C23H26F3N7. The van der Waals surface area contributed by atoms with E-state index in [1.54, 1.807) is 6.92 Å². The highest BCUT2D eigenvalue weighted by molar-refractivity contribution is 5.95. The minimum absolute atomic E-state index is 0.0113. The van der Waals surface area contributed by atoms with Crippen LogP contribution >= 0.6 is 0 Å². The van der Waals surface area contributed by atoms with Crippen LogP contribution in [0.25, 0.3) is 10.8 Å². The summed E-state index contributed by atoms with van der Waals surface area (Å²) >= 11 is 0. The van der Waals surface area contributed by atoms with Crippen LogP contribution in [0.3, 0.4) is 0 Å². The predicted octanol–water partition coefficient (Wildman–Crippen LogP) is 4.00. The van der Waals surface area contributed by atoms with Crippen molar-refractivity contribution in [2.45, 2.75) is 44.6 Å². The number of alkyl halides is 3. The minimum Gasteiger partial charge on any atom is -0.399 e. The van der Waals surface area contributed by atoms with Gasteiger partial charge < -0.3 is 16.0 Å². The third-order valence-corrected chi connectivity index (χ3v) is 6.75. The summed E-state index contributed by atoms with van der Waals surface area (Å²) in [5, 5.41) is 13.6. The summed E-state index contributed by atoms with van der Waals surface area (Å²) in [6.45, 7) is 5.65. The van der Waals surface area contributed by atoms with Gasteiger partial charge in [-0.05, 0) is 51.6 Å². The first kappa shape index (κ1) is 21.7. The molecule has 2 aromatic heterocycles. The Kier molecular flexibility index (Phi) is 5.08. The largest absolute Gasteiger partial charge is 0.433 e. The number of aromatic nitrogens is 3. The first-order valence-corrected chi connectivity index (χ1v) is 11.0. The lowest BCUT2D eigenvalue weighted by molar-refractivity contribution is -0.141. The van der Waals surface area contributed by atoms with Crippen molar-refractivity contribution in [3.8, 4) is 0 Å². The molecule has 174 valence electrons. The normalized spacial score (nSPS) is 21.7. The van der Waals surface area contributed by atoms with Gasteiger partial charge in [0.1, 0.15) is 5.69 Å². The third-order valence-electron chi connectivity index (χ3n) is 6.75. The first-order chi connectivity index (χ1) is 15.6. The average molecular weight is 458 g/mol. The number of piperazine rings is 1. The van der Waals surface area contributed by atoms with E-state index in [-0.39, 0.29) is 11.4 Å². The van der Waals surface area contributed by atoms with Crippen LogP contribution in [-0.4, -0.2) is 52.3 Å². The molecule has 0 spiro atoms. The van der Waals surface area contributed by atoms with Gasteiger partial charge in [-0.2, -0.15) is 18.3 Å². The number of benzene rings is 1. The Labute approximate surface area is 189 Å². The van der Waals surface area contributed by atoms with Crippen LogP contribution in [0.4, 0.5) is 30.4 Å². The van der Waals surface area contributed by atoms with Crippen molar-refractivity contribution in [1.29, 1.82) is 0 Å². The number of nitrogens with one attached hydrogen (secondary N) is 1. The van der Waals surface area contributed by atoms with E-state index in [2.05, 4.69) is 49.5 Å². The molecule has 7 nitrogen and oxygen atoms in total. The summed E-state index contributed by atoms with van der Waals surface area (Å²) in [5.74, 6) is 0.504. The van der Waals surface area contributed by atoms with E-state index < -0.39 is 17.9 Å². The van der Waals surface area contributed by atoms with Crippen molar-refractivity contribution < 1.29 is 13.2 Å². The summed E-state index contributed by atoms with van der Waals surface area (Å²) in [6.07, 6.45) is -3.41. The highest BCUT2D eigenvalue weighted by Crippen LogP contribution is 2.37. The number of likely N-dealkylation sites (tertiary alicyclic amines) is 1. The molecular weight excluding hydrogens is 431 g/mol. The molecule has 1 unspecified atom stereocenters. The number of aryl methyl sites for hydroxylation is 1. The van der Waals surface area contributed by atoms with Gasteiger partial charge in [0.25, 0.3) is 0 Å². The highest BCUT2D eigenvalue weighted by Gasteiger charge is 2.41. The quantitative estimate of drug-likeness (QED) is 0.613. The van der Waals surface area contributed by atoms with Crippen molar-refractivity contribution in [2.24, 2.45) is 0 Å². The van der Waals surface area contributed by atoms with Crippen molar-refractivity contribution in [1.82, 2.24) is 20.1 Å². The maximum absolute atomic E-state index is 13.2. The van der Waals surface area contributed by atoms with Gasteiger partial charge in [-0.15, -0.1) is 5.10 Å². The van der Waals surface area contributed by atoms with Crippen LogP contribution in [0.2, 0.25) is 0 Å². The summed E-state index contributed by atoms with van der Waals surface area (Å²) in [7, 11) is 2.17. The molecule has 0 amide bonds. The van der Waals surface area contributed by atoms with E-state index >= 15 is 0 Å². The van der Waals surface area contributed by atoms with E-state index in [1.165, 1.54) is 6.07 Å². The Morgan fingerprint density at radius 3 is 2.55 bits per heavy atom. The van der Waals surface area contributed by atoms with E-state index in [0.29, 0.717) is 17.9 Å². The molecule has 3 atom stereocenters. The molecule has 3 aromatic rings. The summed E-state index contributed by atoms with van der Waals surface area (Å²) in [6, 6.07) is 9.03. The van der Waals surface area contributed by atoms with Gasteiger partial charge in [0.05, 0.1) is 17.4 Å². The van der Waals surface area contributed by atoms with E-state index in [1.807, 2.05) is 13.0 Å². The van der Waals surface area contributed by atoms with Gasteiger partial charge in [-0.1, -0.05) is 6.07 Å².